The number of thiazole rings is 1. The number of amides is 1. The molecule has 0 aliphatic heterocycles. The lowest BCUT2D eigenvalue weighted by Gasteiger charge is -2.10. The number of carbonyl (C=O) groups excluding carboxylic acids is 1. The van der Waals surface area contributed by atoms with Gasteiger partial charge in [-0.1, -0.05) is 12.8 Å². The van der Waals surface area contributed by atoms with Gasteiger partial charge < -0.3 is 10.4 Å². The summed E-state index contributed by atoms with van der Waals surface area (Å²) in [5, 5.41) is 14.0. The number of nitrogens with one attached hydrogen (secondary N) is 1. The maximum atomic E-state index is 11.7. The molecule has 0 saturated heterocycles. The van der Waals surface area contributed by atoms with Gasteiger partial charge in [0.1, 0.15) is 5.01 Å². The van der Waals surface area contributed by atoms with Gasteiger partial charge in [-0.05, 0) is 12.8 Å². The third kappa shape index (κ3) is 3.80. The number of carbonyl (C=O) groups is 2. The molecule has 0 spiro atoms. The van der Waals surface area contributed by atoms with Crippen LogP contribution < -0.4 is 5.32 Å². The Hall–Kier alpha value is -1.43. The molecule has 18 heavy (non-hydrogen) atoms. The van der Waals surface area contributed by atoms with E-state index in [2.05, 4.69) is 10.3 Å². The normalized spacial score (nSPS) is 15.8. The maximum absolute atomic E-state index is 11.7. The van der Waals surface area contributed by atoms with Crippen LogP contribution in [0.4, 0.5) is 0 Å². The predicted octanol–water partition coefficient (Wildman–Crippen LogP) is 1.37. The number of rotatable bonds is 5. The Morgan fingerprint density at radius 2 is 2.11 bits per heavy atom. The highest BCUT2D eigenvalue weighted by Gasteiger charge is 2.18. The van der Waals surface area contributed by atoms with Crippen molar-refractivity contribution < 1.29 is 14.7 Å². The van der Waals surface area contributed by atoms with Crippen LogP contribution in [-0.4, -0.2) is 28.0 Å². The van der Waals surface area contributed by atoms with Crippen molar-refractivity contribution in [1.82, 2.24) is 10.3 Å². The zero-order chi connectivity index (χ0) is 13.0. The summed E-state index contributed by atoms with van der Waals surface area (Å²) in [4.78, 5) is 26.4. The van der Waals surface area contributed by atoms with E-state index in [0.29, 0.717) is 16.7 Å². The van der Waals surface area contributed by atoms with Crippen LogP contribution in [0.2, 0.25) is 0 Å². The largest absolute Gasteiger partial charge is 0.481 e. The first-order valence-electron chi connectivity index (χ1n) is 6.08. The van der Waals surface area contributed by atoms with E-state index in [1.807, 2.05) is 0 Å². The SMILES string of the molecule is O=C(O)Cc1csc(CC(=O)NC2CCCC2)n1. The summed E-state index contributed by atoms with van der Waals surface area (Å²) in [6.07, 6.45) is 4.67. The van der Waals surface area contributed by atoms with Gasteiger partial charge in [-0.2, -0.15) is 0 Å². The molecule has 0 radical (unpaired) electrons. The van der Waals surface area contributed by atoms with Gasteiger partial charge in [-0.25, -0.2) is 4.98 Å². The molecule has 1 fully saturated rings. The molecule has 0 aromatic carbocycles. The van der Waals surface area contributed by atoms with Crippen LogP contribution in [-0.2, 0) is 22.4 Å². The molecule has 1 aliphatic rings. The van der Waals surface area contributed by atoms with Crippen molar-refractivity contribution in [1.29, 1.82) is 0 Å². The molecule has 6 heteroatoms. The summed E-state index contributed by atoms with van der Waals surface area (Å²) in [6, 6.07) is 0.316. The average Bonchev–Trinajstić information content (AvgIpc) is 2.89. The monoisotopic (exact) mass is 268 g/mol. The minimum absolute atomic E-state index is 0.0156. The molecule has 0 atom stereocenters. The standard InChI is InChI=1S/C12H16N2O3S/c15-10(13-8-3-1-2-4-8)6-11-14-9(7-18-11)5-12(16)17/h7-8H,1-6H2,(H,13,15)(H,16,17). The summed E-state index contributed by atoms with van der Waals surface area (Å²) in [7, 11) is 0. The van der Waals surface area contributed by atoms with Gasteiger partial charge in [-0.15, -0.1) is 11.3 Å². The zero-order valence-corrected chi connectivity index (χ0v) is 10.8. The Kier molecular flexibility index (Phi) is 4.30. The fourth-order valence-electron chi connectivity index (χ4n) is 2.15. The molecule has 98 valence electrons. The lowest BCUT2D eigenvalue weighted by atomic mass is 10.2. The van der Waals surface area contributed by atoms with Gasteiger partial charge in [0.2, 0.25) is 5.91 Å². The van der Waals surface area contributed by atoms with Crippen LogP contribution in [0.5, 0.6) is 0 Å². The van der Waals surface area contributed by atoms with E-state index in [1.165, 1.54) is 24.2 Å². The van der Waals surface area contributed by atoms with Crippen molar-refractivity contribution in [3.05, 3.63) is 16.1 Å². The highest BCUT2D eigenvalue weighted by Crippen LogP contribution is 2.18. The van der Waals surface area contributed by atoms with E-state index in [1.54, 1.807) is 5.38 Å². The Morgan fingerprint density at radius 3 is 2.78 bits per heavy atom. The summed E-state index contributed by atoms with van der Waals surface area (Å²) in [6.45, 7) is 0. The molecule has 0 unspecified atom stereocenters. The molecular weight excluding hydrogens is 252 g/mol. The lowest BCUT2D eigenvalue weighted by Crippen LogP contribution is -2.33. The van der Waals surface area contributed by atoms with Gasteiger partial charge in [0.25, 0.3) is 0 Å². The summed E-state index contributed by atoms with van der Waals surface area (Å²) < 4.78 is 0. The topological polar surface area (TPSA) is 79.3 Å². The van der Waals surface area contributed by atoms with Crippen LogP contribution in [0.3, 0.4) is 0 Å². The summed E-state index contributed by atoms with van der Waals surface area (Å²) >= 11 is 1.34. The van der Waals surface area contributed by atoms with Crippen LogP contribution in [0.25, 0.3) is 0 Å². The van der Waals surface area contributed by atoms with Crippen LogP contribution in [0.15, 0.2) is 5.38 Å². The first-order chi connectivity index (χ1) is 8.63. The maximum Gasteiger partial charge on any atom is 0.309 e. The number of aliphatic carboxylic acids is 1. The number of carboxylic acids is 1. The van der Waals surface area contributed by atoms with Crippen molar-refractivity contribution in [3.63, 3.8) is 0 Å². The number of aromatic nitrogens is 1. The van der Waals surface area contributed by atoms with Crippen LogP contribution in [0.1, 0.15) is 36.4 Å². The molecule has 2 N–H and O–H groups in total. The number of hydrogen-bond donors (Lipinski definition) is 2. The fourth-order valence-corrected chi connectivity index (χ4v) is 2.94. The fraction of sp³-hybridized carbons (Fsp3) is 0.583. The first-order valence-corrected chi connectivity index (χ1v) is 6.96. The van der Waals surface area contributed by atoms with Gasteiger partial charge in [0, 0.05) is 11.4 Å². The Balaban J connectivity index is 1.82. The molecule has 1 aliphatic carbocycles. The Bertz CT molecular complexity index is 438. The molecular formula is C12H16N2O3S. The second kappa shape index (κ2) is 5.95. The smallest absolute Gasteiger partial charge is 0.309 e. The van der Waals surface area contributed by atoms with Gasteiger partial charge in [0.15, 0.2) is 0 Å². The quantitative estimate of drug-likeness (QED) is 0.845. The van der Waals surface area contributed by atoms with Crippen molar-refractivity contribution >= 4 is 23.2 Å². The highest BCUT2D eigenvalue weighted by atomic mass is 32.1. The third-order valence-electron chi connectivity index (χ3n) is 2.96. The van der Waals surface area contributed by atoms with Crippen molar-refractivity contribution in [2.75, 3.05) is 0 Å². The average molecular weight is 268 g/mol. The molecule has 1 saturated carbocycles. The predicted molar refractivity (Wildman–Crippen MR) is 67.6 cm³/mol. The van der Waals surface area contributed by atoms with E-state index in [4.69, 9.17) is 5.11 Å². The second-order valence-electron chi connectivity index (χ2n) is 4.53. The Labute approximate surface area is 109 Å². The molecule has 1 amide bonds. The molecule has 1 aromatic rings. The van der Waals surface area contributed by atoms with Crippen molar-refractivity contribution in [2.45, 2.75) is 44.6 Å². The van der Waals surface area contributed by atoms with Crippen molar-refractivity contribution in [2.24, 2.45) is 0 Å². The summed E-state index contributed by atoms with van der Waals surface area (Å²) in [5.74, 6) is -0.916. The van der Waals surface area contributed by atoms with Crippen molar-refractivity contribution in [3.8, 4) is 0 Å². The van der Waals surface area contributed by atoms with E-state index >= 15 is 0 Å². The summed E-state index contributed by atoms with van der Waals surface area (Å²) in [5.41, 5.74) is 0.524. The van der Waals surface area contributed by atoms with Gasteiger partial charge in [0.05, 0.1) is 18.5 Å². The van der Waals surface area contributed by atoms with E-state index in [-0.39, 0.29) is 18.7 Å². The molecule has 5 nitrogen and oxygen atoms in total. The highest BCUT2D eigenvalue weighted by molar-refractivity contribution is 7.09. The van der Waals surface area contributed by atoms with Gasteiger partial charge >= 0.3 is 5.97 Å². The third-order valence-corrected chi connectivity index (χ3v) is 3.86. The Morgan fingerprint density at radius 1 is 1.39 bits per heavy atom. The molecule has 0 bridgehead atoms. The lowest BCUT2D eigenvalue weighted by molar-refractivity contribution is -0.136. The first kappa shape index (κ1) is 13.0. The number of carboxylic acid groups (broad SMARTS) is 1. The minimum Gasteiger partial charge on any atom is -0.481 e. The van der Waals surface area contributed by atoms with Crippen LogP contribution in [0, 0.1) is 0 Å². The van der Waals surface area contributed by atoms with E-state index in [0.717, 1.165) is 12.8 Å². The van der Waals surface area contributed by atoms with E-state index < -0.39 is 5.97 Å². The minimum atomic E-state index is -0.901. The number of nitrogens with zero attached hydrogens (tertiary/aromatic N) is 1. The zero-order valence-electron chi connectivity index (χ0n) is 10.0. The van der Waals surface area contributed by atoms with Crippen LogP contribution >= 0.6 is 11.3 Å². The van der Waals surface area contributed by atoms with E-state index in [9.17, 15) is 9.59 Å². The second-order valence-corrected chi connectivity index (χ2v) is 5.47. The molecule has 1 aromatic heterocycles. The van der Waals surface area contributed by atoms with Gasteiger partial charge in [-0.3, -0.25) is 9.59 Å². The number of hydrogen-bond acceptors (Lipinski definition) is 4. The molecule has 1 heterocycles. The molecule has 2 rings (SSSR count).